The minimum absolute atomic E-state index is 0.00416. The van der Waals surface area contributed by atoms with E-state index in [-0.39, 0.29) is 29.8 Å². The van der Waals surface area contributed by atoms with Crippen molar-refractivity contribution < 1.29 is 22.4 Å². The molecule has 1 aliphatic carbocycles. The molecule has 180 valence electrons. The third-order valence-corrected chi connectivity index (χ3v) is 6.40. The zero-order valence-electron chi connectivity index (χ0n) is 18.9. The predicted molar refractivity (Wildman–Crippen MR) is 120 cm³/mol. The van der Waals surface area contributed by atoms with Crippen molar-refractivity contribution in [2.24, 2.45) is 0 Å². The first kappa shape index (κ1) is 25.1. The molecule has 2 aromatic rings. The van der Waals surface area contributed by atoms with Crippen LogP contribution in [0.2, 0.25) is 0 Å². The van der Waals surface area contributed by atoms with Crippen LogP contribution in [0, 0.1) is 5.82 Å². The summed E-state index contributed by atoms with van der Waals surface area (Å²) < 4.78 is 51.7. The topological polar surface area (TPSA) is 54.9 Å². The van der Waals surface area contributed by atoms with E-state index in [0.29, 0.717) is 24.2 Å². The van der Waals surface area contributed by atoms with E-state index in [4.69, 9.17) is 0 Å². The molecule has 1 aliphatic rings. The molecule has 8 heteroatoms. The van der Waals surface area contributed by atoms with Gasteiger partial charge in [-0.05, 0) is 61.8 Å². The summed E-state index contributed by atoms with van der Waals surface area (Å²) in [6.07, 6.45) is 4.98. The van der Waals surface area contributed by atoms with E-state index < -0.39 is 18.5 Å². The normalized spacial score (nSPS) is 15.9. The van der Waals surface area contributed by atoms with Gasteiger partial charge in [0, 0.05) is 18.5 Å². The first-order valence-electron chi connectivity index (χ1n) is 11.8. The zero-order chi connectivity index (χ0) is 23.8. The Morgan fingerprint density at radius 2 is 1.91 bits per heavy atom. The van der Waals surface area contributed by atoms with Crippen LogP contribution in [0.5, 0.6) is 0 Å². The Hall–Kier alpha value is -2.51. The molecule has 33 heavy (non-hydrogen) atoms. The van der Waals surface area contributed by atoms with Crippen molar-refractivity contribution in [2.75, 3.05) is 5.32 Å². The van der Waals surface area contributed by atoms with Gasteiger partial charge in [0.15, 0.2) is 0 Å². The van der Waals surface area contributed by atoms with Crippen LogP contribution >= 0.6 is 0 Å². The standard InChI is InChI=1S/C25H31F4N3O/c1-2-17(8-6-7-14-25(27,28)29)19-13-15-30-16-22(19)32-24(33)21-12-11-20(26)23(31-21)18-9-4-3-5-10-18/h11-13,15-18H,2-10,14H2,1H3,(H,32,33)/t17-/m1/s1. The summed E-state index contributed by atoms with van der Waals surface area (Å²) in [6, 6.07) is 4.46. The highest BCUT2D eigenvalue weighted by Crippen LogP contribution is 2.34. The number of halogens is 4. The number of hydrogen-bond acceptors (Lipinski definition) is 3. The maximum atomic E-state index is 14.4. The number of carbonyl (C=O) groups is 1. The van der Waals surface area contributed by atoms with Crippen LogP contribution in [-0.2, 0) is 0 Å². The number of rotatable bonds is 9. The monoisotopic (exact) mass is 465 g/mol. The maximum absolute atomic E-state index is 14.4. The lowest BCUT2D eigenvalue weighted by Crippen LogP contribution is -2.18. The highest BCUT2D eigenvalue weighted by Gasteiger charge is 2.26. The summed E-state index contributed by atoms with van der Waals surface area (Å²) in [4.78, 5) is 21.4. The lowest BCUT2D eigenvalue weighted by Gasteiger charge is -2.22. The fourth-order valence-electron chi connectivity index (χ4n) is 4.59. The van der Waals surface area contributed by atoms with Gasteiger partial charge in [0.1, 0.15) is 11.5 Å². The van der Waals surface area contributed by atoms with Crippen LogP contribution < -0.4 is 5.32 Å². The molecule has 0 spiro atoms. The number of alkyl halides is 3. The second kappa shape index (κ2) is 11.6. The first-order chi connectivity index (χ1) is 15.8. The molecule has 0 aromatic carbocycles. The molecule has 1 amide bonds. The molecule has 2 heterocycles. The second-order valence-electron chi connectivity index (χ2n) is 8.78. The van der Waals surface area contributed by atoms with Gasteiger partial charge in [-0.2, -0.15) is 13.2 Å². The number of unbranched alkanes of at least 4 members (excludes halogenated alkanes) is 1. The Morgan fingerprint density at radius 3 is 2.61 bits per heavy atom. The number of hydrogen-bond donors (Lipinski definition) is 1. The number of nitrogens with one attached hydrogen (secondary N) is 1. The molecule has 1 atom stereocenters. The summed E-state index contributed by atoms with van der Waals surface area (Å²) >= 11 is 0. The average molecular weight is 466 g/mol. The molecule has 0 unspecified atom stereocenters. The molecular formula is C25H31F4N3O. The van der Waals surface area contributed by atoms with Crippen molar-refractivity contribution in [3.05, 3.63) is 53.4 Å². The van der Waals surface area contributed by atoms with Crippen molar-refractivity contribution in [3.63, 3.8) is 0 Å². The quantitative estimate of drug-likeness (QED) is 0.308. The van der Waals surface area contributed by atoms with Gasteiger partial charge >= 0.3 is 6.18 Å². The lowest BCUT2D eigenvalue weighted by atomic mass is 9.86. The number of anilines is 1. The van der Waals surface area contributed by atoms with Crippen LogP contribution in [0.15, 0.2) is 30.6 Å². The predicted octanol–water partition coefficient (Wildman–Crippen LogP) is 7.53. The van der Waals surface area contributed by atoms with E-state index in [2.05, 4.69) is 15.3 Å². The largest absolute Gasteiger partial charge is 0.389 e. The molecule has 0 radical (unpaired) electrons. The number of pyridine rings is 2. The van der Waals surface area contributed by atoms with Gasteiger partial charge in [-0.25, -0.2) is 9.37 Å². The van der Waals surface area contributed by atoms with E-state index >= 15 is 0 Å². The average Bonchev–Trinajstić information content (AvgIpc) is 2.80. The Kier molecular flexibility index (Phi) is 8.80. The van der Waals surface area contributed by atoms with Gasteiger partial charge in [-0.15, -0.1) is 0 Å². The van der Waals surface area contributed by atoms with Crippen molar-refractivity contribution in [2.45, 2.75) is 89.1 Å². The van der Waals surface area contributed by atoms with Crippen molar-refractivity contribution >= 4 is 11.6 Å². The van der Waals surface area contributed by atoms with E-state index in [0.717, 1.165) is 44.1 Å². The van der Waals surface area contributed by atoms with Crippen molar-refractivity contribution in [1.82, 2.24) is 9.97 Å². The third kappa shape index (κ3) is 7.24. The molecule has 1 fully saturated rings. The summed E-state index contributed by atoms with van der Waals surface area (Å²) in [5.41, 5.74) is 1.84. The fraction of sp³-hybridized carbons (Fsp3) is 0.560. The van der Waals surface area contributed by atoms with E-state index in [1.807, 2.05) is 6.92 Å². The van der Waals surface area contributed by atoms with E-state index in [1.165, 1.54) is 18.3 Å². The van der Waals surface area contributed by atoms with E-state index in [1.54, 1.807) is 12.3 Å². The Bertz CT molecular complexity index is 926. The molecule has 0 saturated heterocycles. The van der Waals surface area contributed by atoms with E-state index in [9.17, 15) is 22.4 Å². The van der Waals surface area contributed by atoms with Crippen LogP contribution in [-0.4, -0.2) is 22.1 Å². The summed E-state index contributed by atoms with van der Waals surface area (Å²) in [5, 5.41) is 2.84. The Morgan fingerprint density at radius 1 is 1.15 bits per heavy atom. The molecule has 1 N–H and O–H groups in total. The molecule has 3 rings (SSSR count). The summed E-state index contributed by atoms with van der Waals surface area (Å²) in [7, 11) is 0. The van der Waals surface area contributed by atoms with Gasteiger partial charge in [-0.3, -0.25) is 9.78 Å². The van der Waals surface area contributed by atoms with Gasteiger partial charge in [0.2, 0.25) is 0 Å². The lowest BCUT2D eigenvalue weighted by molar-refractivity contribution is -0.135. The van der Waals surface area contributed by atoms with Gasteiger partial charge < -0.3 is 5.32 Å². The molecular weight excluding hydrogens is 434 g/mol. The van der Waals surface area contributed by atoms with Gasteiger partial charge in [0.05, 0.1) is 17.6 Å². The molecule has 2 aromatic heterocycles. The number of amides is 1. The Balaban J connectivity index is 1.71. The Labute approximate surface area is 192 Å². The molecule has 0 aliphatic heterocycles. The fourth-order valence-corrected chi connectivity index (χ4v) is 4.59. The summed E-state index contributed by atoms with van der Waals surface area (Å²) in [6.45, 7) is 1.97. The maximum Gasteiger partial charge on any atom is 0.389 e. The van der Waals surface area contributed by atoms with Crippen molar-refractivity contribution in [1.29, 1.82) is 0 Å². The highest BCUT2D eigenvalue weighted by atomic mass is 19.4. The number of nitrogens with zero attached hydrogens (tertiary/aromatic N) is 2. The SMILES string of the molecule is CC[C@H](CCCCC(F)(F)F)c1ccncc1NC(=O)c1ccc(F)c(C2CCCCC2)n1. The summed E-state index contributed by atoms with van der Waals surface area (Å²) in [5.74, 6) is -0.809. The van der Waals surface area contributed by atoms with Crippen LogP contribution in [0.4, 0.5) is 23.2 Å². The first-order valence-corrected chi connectivity index (χ1v) is 11.8. The highest BCUT2D eigenvalue weighted by molar-refractivity contribution is 6.03. The van der Waals surface area contributed by atoms with Crippen molar-refractivity contribution in [3.8, 4) is 0 Å². The molecule has 4 nitrogen and oxygen atoms in total. The van der Waals surface area contributed by atoms with Crippen LogP contribution in [0.3, 0.4) is 0 Å². The minimum atomic E-state index is -4.14. The minimum Gasteiger partial charge on any atom is -0.319 e. The molecule has 1 saturated carbocycles. The zero-order valence-corrected chi connectivity index (χ0v) is 18.9. The number of aromatic nitrogens is 2. The smallest absolute Gasteiger partial charge is 0.319 e. The number of carbonyl (C=O) groups excluding carboxylic acids is 1. The van der Waals surface area contributed by atoms with Gasteiger partial charge in [-0.1, -0.05) is 32.6 Å². The van der Waals surface area contributed by atoms with Crippen LogP contribution in [0.1, 0.15) is 105 Å². The van der Waals surface area contributed by atoms with Crippen LogP contribution in [0.25, 0.3) is 0 Å². The van der Waals surface area contributed by atoms with Gasteiger partial charge in [0.25, 0.3) is 5.91 Å². The molecule has 0 bridgehead atoms. The second-order valence-corrected chi connectivity index (χ2v) is 8.78. The third-order valence-electron chi connectivity index (χ3n) is 6.40.